The first kappa shape index (κ1) is 24.6. The number of alkyl carbamates (subject to hydrolysis) is 1. The molecular formula is C25H27NO6. The van der Waals surface area contributed by atoms with E-state index in [1.165, 1.54) is 0 Å². The molecule has 0 saturated heterocycles. The van der Waals surface area contributed by atoms with Gasteiger partial charge in [0.1, 0.15) is 13.4 Å². The molecule has 0 aliphatic carbocycles. The van der Waals surface area contributed by atoms with Crippen molar-refractivity contribution in [2.24, 2.45) is 0 Å². The van der Waals surface area contributed by atoms with Crippen LogP contribution in [-0.2, 0) is 27.5 Å². The van der Waals surface area contributed by atoms with Gasteiger partial charge in [-0.25, -0.2) is 4.79 Å². The fourth-order valence-electron chi connectivity index (χ4n) is 2.76. The van der Waals surface area contributed by atoms with E-state index < -0.39 is 18.1 Å². The van der Waals surface area contributed by atoms with Crippen LogP contribution in [0.3, 0.4) is 0 Å². The van der Waals surface area contributed by atoms with Crippen LogP contribution in [0.15, 0.2) is 91.0 Å². The number of rotatable bonds is 9. The lowest BCUT2D eigenvalue weighted by atomic mass is 10.0. The van der Waals surface area contributed by atoms with E-state index in [9.17, 15) is 9.59 Å². The van der Waals surface area contributed by atoms with Crippen LogP contribution < -0.4 is 5.32 Å². The molecule has 3 rings (SSSR count). The van der Waals surface area contributed by atoms with Crippen molar-refractivity contribution in [1.82, 2.24) is 5.32 Å². The van der Waals surface area contributed by atoms with E-state index in [-0.39, 0.29) is 19.8 Å². The Hall–Kier alpha value is -3.68. The minimum Gasteiger partial charge on any atom is -0.481 e. The van der Waals surface area contributed by atoms with Gasteiger partial charge in [0.15, 0.2) is 0 Å². The molecule has 0 aromatic heterocycles. The van der Waals surface area contributed by atoms with Crippen molar-refractivity contribution in [2.45, 2.75) is 25.7 Å². The number of aliphatic carboxylic acids is 1. The van der Waals surface area contributed by atoms with E-state index in [1.54, 1.807) is 24.3 Å². The summed E-state index contributed by atoms with van der Waals surface area (Å²) in [6.07, 6.45) is -0.844. The van der Waals surface area contributed by atoms with Gasteiger partial charge in [0, 0.05) is 0 Å². The predicted molar refractivity (Wildman–Crippen MR) is 120 cm³/mol. The maximum atomic E-state index is 11.9. The maximum absolute atomic E-state index is 11.9. The topological polar surface area (TPSA) is 105 Å². The molecule has 3 N–H and O–H groups in total. The average Bonchev–Trinajstić information content (AvgIpc) is 2.83. The lowest BCUT2D eigenvalue weighted by Crippen LogP contribution is -2.30. The van der Waals surface area contributed by atoms with E-state index in [4.69, 9.17) is 19.7 Å². The molecule has 0 heterocycles. The van der Waals surface area contributed by atoms with Crippen LogP contribution in [0.5, 0.6) is 0 Å². The van der Waals surface area contributed by atoms with Crippen molar-refractivity contribution in [2.75, 3.05) is 6.79 Å². The van der Waals surface area contributed by atoms with Crippen LogP contribution in [0.2, 0.25) is 0 Å². The smallest absolute Gasteiger partial charge is 0.407 e. The number of aliphatic hydroxyl groups excluding tert-OH is 1. The van der Waals surface area contributed by atoms with Crippen molar-refractivity contribution < 1.29 is 29.3 Å². The highest BCUT2D eigenvalue weighted by Crippen LogP contribution is 2.16. The molecule has 3 aromatic rings. The largest absolute Gasteiger partial charge is 0.481 e. The molecule has 0 fully saturated rings. The van der Waals surface area contributed by atoms with E-state index >= 15 is 0 Å². The molecule has 0 spiro atoms. The summed E-state index contributed by atoms with van der Waals surface area (Å²) in [5.74, 6) is -0.989. The SMILES string of the molecule is O=C(O)C[C@@H](NC(=O)OCc1ccccc1)c1ccccc1.OCOCc1ccccc1. The standard InChI is InChI=1S/C17H17NO4.C8H10O2/c19-16(20)11-15(14-9-5-2-6-10-14)18-17(21)22-12-13-7-3-1-4-8-13;9-7-10-6-8-4-2-1-3-5-8/h1-10,15H,11-12H2,(H,18,21)(H,19,20);1-5,9H,6-7H2/t15-;/m1./s1. The normalized spacial score (nSPS) is 10.9. The molecule has 0 aliphatic rings. The molecule has 32 heavy (non-hydrogen) atoms. The number of amides is 1. The van der Waals surface area contributed by atoms with Crippen LogP contribution in [-0.4, -0.2) is 29.1 Å². The Kier molecular flexibility index (Phi) is 11.0. The molecule has 0 radical (unpaired) electrons. The third-order valence-electron chi connectivity index (χ3n) is 4.29. The number of benzene rings is 3. The van der Waals surface area contributed by atoms with Gasteiger partial charge in [-0.05, 0) is 16.7 Å². The molecule has 0 aliphatic heterocycles. The van der Waals surface area contributed by atoms with Gasteiger partial charge in [-0.15, -0.1) is 0 Å². The van der Waals surface area contributed by atoms with Crippen molar-refractivity contribution in [3.05, 3.63) is 108 Å². The molecule has 0 saturated carbocycles. The Morgan fingerprint density at radius 1 is 0.781 bits per heavy atom. The van der Waals surface area contributed by atoms with Gasteiger partial charge in [0.25, 0.3) is 0 Å². The highest BCUT2D eigenvalue weighted by molar-refractivity contribution is 5.72. The monoisotopic (exact) mass is 437 g/mol. The van der Waals surface area contributed by atoms with Crippen molar-refractivity contribution in [3.8, 4) is 0 Å². The third-order valence-corrected chi connectivity index (χ3v) is 4.29. The van der Waals surface area contributed by atoms with Gasteiger partial charge in [0.2, 0.25) is 0 Å². The second-order valence-corrected chi connectivity index (χ2v) is 6.73. The Balaban J connectivity index is 0.000000303. The van der Waals surface area contributed by atoms with Crippen molar-refractivity contribution in [1.29, 1.82) is 0 Å². The molecule has 7 nitrogen and oxygen atoms in total. The Labute approximate surface area is 187 Å². The van der Waals surface area contributed by atoms with Gasteiger partial charge in [-0.3, -0.25) is 4.79 Å². The fourth-order valence-corrected chi connectivity index (χ4v) is 2.76. The van der Waals surface area contributed by atoms with E-state index in [1.807, 2.05) is 66.7 Å². The fraction of sp³-hybridized carbons (Fsp3) is 0.200. The summed E-state index contributed by atoms with van der Waals surface area (Å²) in [5.41, 5.74) is 2.67. The quantitative estimate of drug-likeness (QED) is 0.432. The first-order valence-electron chi connectivity index (χ1n) is 10.0. The molecule has 0 unspecified atom stereocenters. The van der Waals surface area contributed by atoms with Gasteiger partial charge >= 0.3 is 12.1 Å². The van der Waals surface area contributed by atoms with E-state index in [0.717, 1.165) is 16.7 Å². The van der Waals surface area contributed by atoms with Crippen LogP contribution >= 0.6 is 0 Å². The highest BCUT2D eigenvalue weighted by Gasteiger charge is 2.18. The minimum atomic E-state index is -0.989. The van der Waals surface area contributed by atoms with Gasteiger partial charge < -0.3 is 25.0 Å². The number of nitrogens with one attached hydrogen (secondary N) is 1. The second-order valence-electron chi connectivity index (χ2n) is 6.73. The molecule has 1 amide bonds. The predicted octanol–water partition coefficient (Wildman–Crippen LogP) is 4.28. The Morgan fingerprint density at radius 2 is 1.28 bits per heavy atom. The van der Waals surface area contributed by atoms with Crippen LogP contribution in [0.4, 0.5) is 4.79 Å². The van der Waals surface area contributed by atoms with Crippen LogP contribution in [0, 0.1) is 0 Å². The van der Waals surface area contributed by atoms with Gasteiger partial charge in [-0.1, -0.05) is 91.0 Å². The number of carboxylic acids is 1. The number of carboxylic acid groups (broad SMARTS) is 1. The van der Waals surface area contributed by atoms with Crippen LogP contribution in [0.1, 0.15) is 29.2 Å². The summed E-state index contributed by atoms with van der Waals surface area (Å²) in [7, 11) is 0. The zero-order chi connectivity index (χ0) is 23.0. The summed E-state index contributed by atoms with van der Waals surface area (Å²) in [6, 6.07) is 27.3. The summed E-state index contributed by atoms with van der Waals surface area (Å²) in [5, 5.41) is 19.9. The van der Waals surface area contributed by atoms with E-state index in [2.05, 4.69) is 5.32 Å². The lowest BCUT2D eigenvalue weighted by Gasteiger charge is -2.17. The molecule has 1 atom stereocenters. The molecule has 7 heteroatoms. The van der Waals surface area contributed by atoms with Crippen LogP contribution in [0.25, 0.3) is 0 Å². The highest BCUT2D eigenvalue weighted by atomic mass is 16.6. The first-order chi connectivity index (χ1) is 15.6. The first-order valence-corrected chi connectivity index (χ1v) is 10.0. The van der Waals surface area contributed by atoms with Crippen molar-refractivity contribution in [3.63, 3.8) is 0 Å². The average molecular weight is 437 g/mol. The zero-order valence-corrected chi connectivity index (χ0v) is 17.6. The summed E-state index contributed by atoms with van der Waals surface area (Å²) >= 11 is 0. The van der Waals surface area contributed by atoms with Crippen molar-refractivity contribution >= 4 is 12.1 Å². The van der Waals surface area contributed by atoms with E-state index in [0.29, 0.717) is 6.61 Å². The molecule has 3 aromatic carbocycles. The summed E-state index contributed by atoms with van der Waals surface area (Å²) < 4.78 is 9.89. The molecule has 168 valence electrons. The maximum Gasteiger partial charge on any atom is 0.407 e. The number of aliphatic hydroxyl groups is 1. The summed E-state index contributed by atoms with van der Waals surface area (Å²) in [4.78, 5) is 22.8. The lowest BCUT2D eigenvalue weighted by molar-refractivity contribution is -0.137. The van der Waals surface area contributed by atoms with Gasteiger partial charge in [0.05, 0.1) is 19.1 Å². The number of carbonyl (C=O) groups excluding carboxylic acids is 1. The number of hydrogen-bond acceptors (Lipinski definition) is 5. The second kappa shape index (κ2) is 14.3. The number of carbonyl (C=O) groups is 2. The Bertz CT molecular complexity index is 919. The van der Waals surface area contributed by atoms with Gasteiger partial charge in [-0.2, -0.15) is 0 Å². The Morgan fingerprint density at radius 3 is 1.78 bits per heavy atom. The third kappa shape index (κ3) is 9.88. The summed E-state index contributed by atoms with van der Waals surface area (Å²) in [6.45, 7) is 0.410. The zero-order valence-electron chi connectivity index (χ0n) is 17.6. The minimum absolute atomic E-state index is 0.140. The molecule has 0 bridgehead atoms. The molecular weight excluding hydrogens is 410 g/mol. The number of ether oxygens (including phenoxy) is 2. The number of hydrogen-bond donors (Lipinski definition) is 3.